The van der Waals surface area contributed by atoms with E-state index in [4.69, 9.17) is 0 Å². The lowest BCUT2D eigenvalue weighted by Crippen LogP contribution is -2.30. The van der Waals surface area contributed by atoms with E-state index in [1.54, 1.807) is 13.0 Å². The second-order valence-electron chi connectivity index (χ2n) is 4.02. The first-order valence-corrected chi connectivity index (χ1v) is 7.04. The minimum atomic E-state index is -0.125. The molecule has 0 aromatic heterocycles. The highest BCUT2D eigenvalue weighted by atomic mass is 32.2. The molecule has 0 saturated carbocycles. The molecule has 1 N–H and O–H groups in total. The Bertz CT molecular complexity index is 328. The van der Waals surface area contributed by atoms with Gasteiger partial charge in [0.05, 0.1) is 0 Å². The van der Waals surface area contributed by atoms with Crippen molar-refractivity contribution in [3.05, 3.63) is 35.1 Å². The van der Waals surface area contributed by atoms with Gasteiger partial charge in [-0.3, -0.25) is 0 Å². The first kappa shape index (κ1) is 13.5. The van der Waals surface area contributed by atoms with Gasteiger partial charge in [0.25, 0.3) is 0 Å². The van der Waals surface area contributed by atoms with Crippen LogP contribution in [0.25, 0.3) is 0 Å². The molecule has 1 unspecified atom stereocenters. The van der Waals surface area contributed by atoms with E-state index < -0.39 is 0 Å². The van der Waals surface area contributed by atoms with Gasteiger partial charge in [0.1, 0.15) is 5.82 Å². The second-order valence-corrected chi connectivity index (χ2v) is 4.94. The molecule has 90 valence electrons. The van der Waals surface area contributed by atoms with Crippen molar-refractivity contribution in [3.63, 3.8) is 0 Å². The Morgan fingerprint density at radius 1 is 1.44 bits per heavy atom. The van der Waals surface area contributed by atoms with Gasteiger partial charge < -0.3 is 5.32 Å². The average Bonchev–Trinajstić information content (AvgIpc) is 2.28. The third-order valence-electron chi connectivity index (χ3n) is 2.68. The highest BCUT2D eigenvalue weighted by Gasteiger charge is 2.05. The van der Waals surface area contributed by atoms with Crippen molar-refractivity contribution in [1.82, 2.24) is 5.32 Å². The minimum absolute atomic E-state index is 0.125. The van der Waals surface area contributed by atoms with Gasteiger partial charge in [-0.15, -0.1) is 0 Å². The quantitative estimate of drug-likeness (QED) is 0.819. The SMILES string of the molecule is CCC(CSC)NCc1ccc(F)c(C)c1. The molecule has 0 heterocycles. The van der Waals surface area contributed by atoms with Crippen LogP contribution in [0.4, 0.5) is 4.39 Å². The van der Waals surface area contributed by atoms with Crippen LogP contribution in [0.15, 0.2) is 18.2 Å². The number of rotatable bonds is 6. The Morgan fingerprint density at radius 3 is 2.75 bits per heavy atom. The average molecular weight is 241 g/mol. The number of benzene rings is 1. The van der Waals surface area contributed by atoms with Crippen LogP contribution in [-0.4, -0.2) is 18.1 Å². The van der Waals surface area contributed by atoms with Crippen LogP contribution in [0.5, 0.6) is 0 Å². The zero-order valence-electron chi connectivity index (χ0n) is 10.2. The summed E-state index contributed by atoms with van der Waals surface area (Å²) in [5, 5.41) is 3.49. The molecule has 0 amide bonds. The first-order chi connectivity index (χ1) is 7.67. The van der Waals surface area contributed by atoms with Crippen LogP contribution >= 0.6 is 11.8 Å². The van der Waals surface area contributed by atoms with Crippen molar-refractivity contribution in [1.29, 1.82) is 0 Å². The molecule has 0 radical (unpaired) electrons. The number of thioether (sulfide) groups is 1. The lowest BCUT2D eigenvalue weighted by Gasteiger charge is -2.15. The first-order valence-electron chi connectivity index (χ1n) is 5.64. The highest BCUT2D eigenvalue weighted by molar-refractivity contribution is 7.98. The molecule has 16 heavy (non-hydrogen) atoms. The van der Waals surface area contributed by atoms with Crippen molar-refractivity contribution < 1.29 is 4.39 Å². The maximum Gasteiger partial charge on any atom is 0.126 e. The Labute approximate surface area is 102 Å². The van der Waals surface area contributed by atoms with E-state index in [-0.39, 0.29) is 5.82 Å². The summed E-state index contributed by atoms with van der Waals surface area (Å²) in [5.41, 5.74) is 1.87. The van der Waals surface area contributed by atoms with Crippen LogP contribution in [0.1, 0.15) is 24.5 Å². The van der Waals surface area contributed by atoms with E-state index in [9.17, 15) is 4.39 Å². The zero-order valence-corrected chi connectivity index (χ0v) is 11.0. The predicted octanol–water partition coefficient (Wildman–Crippen LogP) is 3.37. The molecule has 0 saturated heterocycles. The Kier molecular flexibility index (Phi) is 5.85. The van der Waals surface area contributed by atoms with E-state index in [0.717, 1.165) is 29.8 Å². The number of nitrogens with one attached hydrogen (secondary N) is 1. The van der Waals surface area contributed by atoms with Gasteiger partial charge in [0.2, 0.25) is 0 Å². The molecule has 0 aliphatic heterocycles. The van der Waals surface area contributed by atoms with Crippen LogP contribution in [0.3, 0.4) is 0 Å². The summed E-state index contributed by atoms with van der Waals surface area (Å²) in [6, 6.07) is 5.84. The standard InChI is InChI=1S/C13H20FNS/c1-4-12(9-16-3)15-8-11-5-6-13(14)10(2)7-11/h5-7,12,15H,4,8-9H2,1-3H3. The monoisotopic (exact) mass is 241 g/mol. The third kappa shape index (κ3) is 4.14. The van der Waals surface area contributed by atoms with E-state index in [1.165, 1.54) is 0 Å². The largest absolute Gasteiger partial charge is 0.309 e. The van der Waals surface area contributed by atoms with Gasteiger partial charge in [-0.1, -0.05) is 19.1 Å². The van der Waals surface area contributed by atoms with Gasteiger partial charge >= 0.3 is 0 Å². The highest BCUT2D eigenvalue weighted by Crippen LogP contribution is 2.10. The summed E-state index contributed by atoms with van der Waals surface area (Å²) < 4.78 is 13.1. The summed E-state index contributed by atoms with van der Waals surface area (Å²) in [5.74, 6) is 0.997. The van der Waals surface area contributed by atoms with Crippen molar-refractivity contribution in [2.45, 2.75) is 32.9 Å². The second kappa shape index (κ2) is 6.92. The van der Waals surface area contributed by atoms with E-state index in [1.807, 2.05) is 23.9 Å². The predicted molar refractivity (Wildman–Crippen MR) is 70.4 cm³/mol. The summed E-state index contributed by atoms with van der Waals surface area (Å²) in [6.07, 6.45) is 3.24. The third-order valence-corrected chi connectivity index (χ3v) is 3.41. The fraction of sp³-hybridized carbons (Fsp3) is 0.538. The molecular weight excluding hydrogens is 221 g/mol. The number of hydrogen-bond donors (Lipinski definition) is 1. The van der Waals surface area contributed by atoms with Gasteiger partial charge in [-0.25, -0.2) is 4.39 Å². The van der Waals surface area contributed by atoms with Crippen LogP contribution < -0.4 is 5.32 Å². The smallest absolute Gasteiger partial charge is 0.126 e. The summed E-state index contributed by atoms with van der Waals surface area (Å²) in [6.45, 7) is 4.81. The summed E-state index contributed by atoms with van der Waals surface area (Å²) >= 11 is 1.85. The zero-order chi connectivity index (χ0) is 12.0. The van der Waals surface area contributed by atoms with E-state index >= 15 is 0 Å². The van der Waals surface area contributed by atoms with Gasteiger partial charge in [0, 0.05) is 18.3 Å². The Balaban J connectivity index is 2.50. The molecule has 0 bridgehead atoms. The number of aryl methyl sites for hydroxylation is 1. The Morgan fingerprint density at radius 2 is 2.19 bits per heavy atom. The molecule has 1 aromatic carbocycles. The van der Waals surface area contributed by atoms with Gasteiger partial charge in [-0.2, -0.15) is 11.8 Å². The van der Waals surface area contributed by atoms with E-state index in [2.05, 4.69) is 18.5 Å². The fourth-order valence-electron chi connectivity index (χ4n) is 1.60. The maximum absolute atomic E-state index is 13.1. The summed E-state index contributed by atoms with van der Waals surface area (Å²) in [4.78, 5) is 0. The van der Waals surface area contributed by atoms with Gasteiger partial charge in [0.15, 0.2) is 0 Å². The topological polar surface area (TPSA) is 12.0 Å². The van der Waals surface area contributed by atoms with Crippen molar-refractivity contribution in [3.8, 4) is 0 Å². The lowest BCUT2D eigenvalue weighted by atomic mass is 10.1. The molecule has 0 aliphatic rings. The van der Waals surface area contributed by atoms with Crippen LogP contribution in [0.2, 0.25) is 0 Å². The van der Waals surface area contributed by atoms with Crippen molar-refractivity contribution >= 4 is 11.8 Å². The summed E-state index contributed by atoms with van der Waals surface area (Å²) in [7, 11) is 0. The number of hydrogen-bond acceptors (Lipinski definition) is 2. The number of halogens is 1. The van der Waals surface area contributed by atoms with Crippen LogP contribution in [-0.2, 0) is 6.54 Å². The molecule has 3 heteroatoms. The fourth-order valence-corrected chi connectivity index (χ4v) is 2.36. The molecular formula is C13H20FNS. The molecule has 1 rings (SSSR count). The van der Waals surface area contributed by atoms with Crippen molar-refractivity contribution in [2.24, 2.45) is 0 Å². The maximum atomic E-state index is 13.1. The molecule has 1 aromatic rings. The lowest BCUT2D eigenvalue weighted by molar-refractivity contribution is 0.540. The van der Waals surface area contributed by atoms with Gasteiger partial charge in [-0.05, 0) is 36.8 Å². The molecule has 0 aliphatic carbocycles. The molecule has 0 spiro atoms. The van der Waals surface area contributed by atoms with Crippen LogP contribution in [0, 0.1) is 12.7 Å². The Hall–Kier alpha value is -0.540. The van der Waals surface area contributed by atoms with E-state index in [0.29, 0.717) is 6.04 Å². The molecule has 0 fully saturated rings. The molecule has 1 atom stereocenters. The minimum Gasteiger partial charge on any atom is -0.309 e. The normalized spacial score (nSPS) is 12.8. The molecule has 1 nitrogen and oxygen atoms in total. The van der Waals surface area contributed by atoms with Crippen molar-refractivity contribution in [2.75, 3.05) is 12.0 Å².